The number of hydrogen-bond acceptors (Lipinski definition) is 5. The van der Waals surface area contributed by atoms with Crippen LogP contribution in [0, 0.1) is 0 Å². The highest BCUT2D eigenvalue weighted by molar-refractivity contribution is 5.96. The molecule has 1 fully saturated rings. The zero-order valence-electron chi connectivity index (χ0n) is 13.4. The highest BCUT2D eigenvalue weighted by atomic mass is 16.5. The fourth-order valence-corrected chi connectivity index (χ4v) is 2.89. The van der Waals surface area contributed by atoms with Gasteiger partial charge in [-0.1, -0.05) is 13.3 Å². The van der Waals surface area contributed by atoms with Gasteiger partial charge in [0.1, 0.15) is 6.04 Å². The Kier molecular flexibility index (Phi) is 4.90. The first-order valence-corrected chi connectivity index (χ1v) is 8.32. The highest BCUT2D eigenvalue weighted by Crippen LogP contribution is 2.23. The standard InChI is InChI=1S/C15H23N5O3/c1-2-3-6-12-17-15-18-13(21)8-11(20(15)19-12)14(22)16-9-10-5-4-7-23-10/h10-11H,2-9H2,1H3,(H,16,22)(H,17,18,19,21)/t10-,11+/m1/s1. The molecule has 0 aromatic carbocycles. The van der Waals surface area contributed by atoms with Crippen LogP contribution >= 0.6 is 0 Å². The third-order valence-corrected chi connectivity index (χ3v) is 4.18. The maximum atomic E-state index is 12.5. The molecule has 126 valence electrons. The van der Waals surface area contributed by atoms with Gasteiger partial charge in [-0.05, 0) is 19.3 Å². The minimum Gasteiger partial charge on any atom is -0.376 e. The Morgan fingerprint density at radius 2 is 2.39 bits per heavy atom. The van der Waals surface area contributed by atoms with Crippen LogP contribution in [-0.2, 0) is 20.7 Å². The Morgan fingerprint density at radius 3 is 3.13 bits per heavy atom. The fourth-order valence-electron chi connectivity index (χ4n) is 2.89. The Bertz CT molecular complexity index is 580. The molecule has 3 heterocycles. The van der Waals surface area contributed by atoms with Crippen molar-refractivity contribution in [3.8, 4) is 0 Å². The molecule has 2 atom stereocenters. The summed E-state index contributed by atoms with van der Waals surface area (Å²) >= 11 is 0. The number of anilines is 1. The molecular formula is C15H23N5O3. The number of rotatable bonds is 6. The van der Waals surface area contributed by atoms with Gasteiger partial charge in [-0.25, -0.2) is 4.68 Å². The van der Waals surface area contributed by atoms with Gasteiger partial charge in [0.25, 0.3) is 0 Å². The van der Waals surface area contributed by atoms with Crippen LogP contribution in [-0.4, -0.2) is 45.8 Å². The summed E-state index contributed by atoms with van der Waals surface area (Å²) in [6.45, 7) is 3.32. The van der Waals surface area contributed by atoms with Gasteiger partial charge < -0.3 is 10.1 Å². The molecule has 2 N–H and O–H groups in total. The van der Waals surface area contributed by atoms with Crippen LogP contribution in [0.5, 0.6) is 0 Å². The van der Waals surface area contributed by atoms with Crippen LogP contribution in [0.4, 0.5) is 5.95 Å². The predicted molar refractivity (Wildman–Crippen MR) is 82.9 cm³/mol. The van der Waals surface area contributed by atoms with Crippen LogP contribution in [0.15, 0.2) is 0 Å². The van der Waals surface area contributed by atoms with E-state index in [1.54, 1.807) is 0 Å². The summed E-state index contributed by atoms with van der Waals surface area (Å²) in [6.07, 6.45) is 4.92. The second-order valence-electron chi connectivity index (χ2n) is 6.05. The van der Waals surface area contributed by atoms with Gasteiger partial charge in [0.15, 0.2) is 5.82 Å². The minimum absolute atomic E-state index is 0.0756. The lowest BCUT2D eigenvalue weighted by atomic mass is 10.1. The molecule has 8 heteroatoms. The number of unbranched alkanes of at least 4 members (excludes halogenated alkanes) is 1. The Morgan fingerprint density at radius 1 is 1.52 bits per heavy atom. The summed E-state index contributed by atoms with van der Waals surface area (Å²) < 4.78 is 7.04. The first-order valence-electron chi connectivity index (χ1n) is 8.32. The summed E-state index contributed by atoms with van der Waals surface area (Å²) in [5.41, 5.74) is 0. The number of aromatic nitrogens is 3. The molecule has 0 saturated carbocycles. The van der Waals surface area contributed by atoms with E-state index in [0.717, 1.165) is 38.7 Å². The third-order valence-electron chi connectivity index (χ3n) is 4.18. The summed E-state index contributed by atoms with van der Waals surface area (Å²) in [5.74, 6) is 0.623. The molecule has 2 amide bonds. The molecule has 1 aromatic heterocycles. The van der Waals surface area contributed by atoms with Crippen molar-refractivity contribution in [2.45, 2.75) is 57.6 Å². The maximum absolute atomic E-state index is 12.5. The van der Waals surface area contributed by atoms with E-state index in [0.29, 0.717) is 18.3 Å². The first kappa shape index (κ1) is 15.9. The highest BCUT2D eigenvalue weighted by Gasteiger charge is 2.33. The third kappa shape index (κ3) is 3.69. The average molecular weight is 321 g/mol. The molecule has 0 spiro atoms. The smallest absolute Gasteiger partial charge is 0.245 e. The number of carbonyl (C=O) groups excluding carboxylic acids is 2. The van der Waals surface area contributed by atoms with E-state index in [-0.39, 0.29) is 24.3 Å². The molecule has 0 radical (unpaired) electrons. The van der Waals surface area contributed by atoms with Crippen molar-refractivity contribution in [3.05, 3.63) is 5.82 Å². The average Bonchev–Trinajstić information content (AvgIpc) is 3.18. The lowest BCUT2D eigenvalue weighted by Gasteiger charge is -2.23. The molecular weight excluding hydrogens is 298 g/mol. The molecule has 23 heavy (non-hydrogen) atoms. The number of amides is 2. The zero-order valence-corrected chi connectivity index (χ0v) is 13.4. The number of nitrogens with zero attached hydrogens (tertiary/aromatic N) is 3. The number of ether oxygens (including phenoxy) is 1. The molecule has 1 saturated heterocycles. The van der Waals surface area contributed by atoms with E-state index in [2.05, 4.69) is 27.6 Å². The molecule has 3 rings (SSSR count). The van der Waals surface area contributed by atoms with Crippen LogP contribution in [0.1, 0.15) is 50.9 Å². The second-order valence-corrected chi connectivity index (χ2v) is 6.05. The van der Waals surface area contributed by atoms with Crippen molar-refractivity contribution in [2.24, 2.45) is 0 Å². The Hall–Kier alpha value is -1.96. The Balaban J connectivity index is 1.68. The number of hydrogen-bond donors (Lipinski definition) is 2. The minimum atomic E-state index is -0.636. The van der Waals surface area contributed by atoms with Crippen LogP contribution < -0.4 is 10.6 Å². The Labute approximate surface area is 135 Å². The molecule has 1 aromatic rings. The summed E-state index contributed by atoms with van der Waals surface area (Å²) in [5, 5.41) is 9.96. The van der Waals surface area contributed by atoms with Crippen molar-refractivity contribution in [1.82, 2.24) is 20.1 Å². The molecule has 2 aliphatic rings. The topological polar surface area (TPSA) is 98.1 Å². The quantitative estimate of drug-likeness (QED) is 0.807. The van der Waals surface area contributed by atoms with Crippen LogP contribution in [0.2, 0.25) is 0 Å². The van der Waals surface area contributed by atoms with Gasteiger partial charge in [-0.15, -0.1) is 0 Å². The van der Waals surface area contributed by atoms with Crippen LogP contribution in [0.25, 0.3) is 0 Å². The molecule has 8 nitrogen and oxygen atoms in total. The second kappa shape index (κ2) is 7.08. The number of nitrogens with one attached hydrogen (secondary N) is 2. The van der Waals surface area contributed by atoms with Gasteiger partial charge in [0, 0.05) is 19.6 Å². The molecule has 0 aliphatic carbocycles. The molecule has 0 bridgehead atoms. The maximum Gasteiger partial charge on any atom is 0.245 e. The normalized spacial score (nSPS) is 23.4. The van der Waals surface area contributed by atoms with E-state index < -0.39 is 6.04 Å². The van der Waals surface area contributed by atoms with Crippen molar-refractivity contribution in [2.75, 3.05) is 18.5 Å². The molecule has 2 aliphatic heterocycles. The fraction of sp³-hybridized carbons (Fsp3) is 0.733. The van der Waals surface area contributed by atoms with E-state index in [1.165, 1.54) is 4.68 Å². The van der Waals surface area contributed by atoms with Gasteiger partial charge in [-0.3, -0.25) is 14.9 Å². The number of fused-ring (bicyclic) bond motifs is 1. The van der Waals surface area contributed by atoms with E-state index in [9.17, 15) is 9.59 Å². The van der Waals surface area contributed by atoms with E-state index in [1.807, 2.05) is 0 Å². The van der Waals surface area contributed by atoms with E-state index in [4.69, 9.17) is 4.74 Å². The van der Waals surface area contributed by atoms with E-state index >= 15 is 0 Å². The van der Waals surface area contributed by atoms with Crippen molar-refractivity contribution < 1.29 is 14.3 Å². The van der Waals surface area contributed by atoms with Gasteiger partial charge in [-0.2, -0.15) is 10.1 Å². The predicted octanol–water partition coefficient (Wildman–Crippen LogP) is 0.799. The van der Waals surface area contributed by atoms with Crippen LogP contribution in [0.3, 0.4) is 0 Å². The summed E-state index contributed by atoms with van der Waals surface area (Å²) in [7, 11) is 0. The number of aryl methyl sites for hydroxylation is 1. The lowest BCUT2D eigenvalue weighted by molar-refractivity contribution is -0.129. The number of carbonyl (C=O) groups is 2. The summed E-state index contributed by atoms with van der Waals surface area (Å²) in [4.78, 5) is 28.6. The van der Waals surface area contributed by atoms with Gasteiger partial charge in [0.05, 0.1) is 12.5 Å². The lowest BCUT2D eigenvalue weighted by Crippen LogP contribution is -2.41. The summed E-state index contributed by atoms with van der Waals surface area (Å²) in [6, 6.07) is -0.636. The van der Waals surface area contributed by atoms with Crippen molar-refractivity contribution in [3.63, 3.8) is 0 Å². The van der Waals surface area contributed by atoms with Gasteiger partial charge >= 0.3 is 0 Å². The van der Waals surface area contributed by atoms with Crippen molar-refractivity contribution >= 4 is 17.8 Å². The largest absolute Gasteiger partial charge is 0.376 e. The molecule has 0 unspecified atom stereocenters. The monoisotopic (exact) mass is 321 g/mol. The van der Waals surface area contributed by atoms with Gasteiger partial charge in [0.2, 0.25) is 17.8 Å². The van der Waals surface area contributed by atoms with Crippen molar-refractivity contribution in [1.29, 1.82) is 0 Å². The SMILES string of the molecule is CCCCc1nc2n(n1)[C@H](C(=O)NC[C@H]1CCCO1)CC(=O)N2. The first-order chi connectivity index (χ1) is 11.2. The zero-order chi connectivity index (χ0) is 16.2.